The van der Waals surface area contributed by atoms with Crippen molar-refractivity contribution >= 4 is 17.1 Å². The summed E-state index contributed by atoms with van der Waals surface area (Å²) >= 11 is 4.93. The number of aryl methyl sites for hydroxylation is 1. The summed E-state index contributed by atoms with van der Waals surface area (Å²) in [5.74, 6) is 1.02. The Kier molecular flexibility index (Phi) is 2.63. The van der Waals surface area contributed by atoms with Gasteiger partial charge in [0.15, 0.2) is 0 Å². The van der Waals surface area contributed by atoms with Gasteiger partial charge in [-0.1, -0.05) is 12.2 Å². The van der Waals surface area contributed by atoms with E-state index >= 15 is 0 Å². The maximum absolute atomic E-state index is 5.12. The van der Waals surface area contributed by atoms with Crippen molar-refractivity contribution in [3.8, 4) is 0 Å². The van der Waals surface area contributed by atoms with Crippen molar-refractivity contribution in [1.29, 1.82) is 0 Å². The van der Waals surface area contributed by atoms with Crippen molar-refractivity contribution in [2.45, 2.75) is 19.8 Å². The van der Waals surface area contributed by atoms with Crippen LogP contribution >= 0.6 is 12.2 Å². The fourth-order valence-electron chi connectivity index (χ4n) is 0.754. The molecular weight excluding hydrogens is 144 g/mol. The van der Waals surface area contributed by atoms with Gasteiger partial charge in [-0.05, 0) is 30.3 Å². The molecule has 0 saturated heterocycles. The Bertz CT molecular complexity index is 201. The van der Waals surface area contributed by atoms with Crippen LogP contribution in [0.3, 0.4) is 0 Å². The molecule has 0 unspecified atom stereocenters. The molecule has 0 radical (unpaired) electrons. The first-order valence-electron chi connectivity index (χ1n) is 3.31. The normalized spacial score (nSPS) is 9.70. The standard InChI is InChI=1S/C8H10OS/c1-7(10)4-5-8-3-2-6-9-8/h2-3,6H,4-5H2,1H3. The Labute approximate surface area is 66.0 Å². The van der Waals surface area contributed by atoms with Gasteiger partial charge in [-0.3, -0.25) is 0 Å². The van der Waals surface area contributed by atoms with Crippen molar-refractivity contribution < 1.29 is 4.42 Å². The second kappa shape index (κ2) is 3.52. The molecule has 0 fully saturated rings. The van der Waals surface area contributed by atoms with Crippen molar-refractivity contribution in [3.63, 3.8) is 0 Å². The molecule has 0 aliphatic rings. The molecule has 1 aromatic rings. The second-order valence-electron chi connectivity index (χ2n) is 2.28. The molecule has 0 aromatic carbocycles. The summed E-state index contributed by atoms with van der Waals surface area (Å²) in [6.07, 6.45) is 3.57. The highest BCUT2D eigenvalue weighted by Gasteiger charge is 1.94. The van der Waals surface area contributed by atoms with Crippen LogP contribution in [0.4, 0.5) is 0 Å². The summed E-state index contributed by atoms with van der Waals surface area (Å²) < 4.78 is 5.12. The van der Waals surface area contributed by atoms with E-state index in [0.29, 0.717) is 0 Å². The molecule has 1 aromatic heterocycles. The van der Waals surface area contributed by atoms with Gasteiger partial charge in [-0.15, -0.1) is 0 Å². The molecule has 2 heteroatoms. The van der Waals surface area contributed by atoms with Gasteiger partial charge in [0.05, 0.1) is 6.26 Å². The third kappa shape index (κ3) is 2.31. The topological polar surface area (TPSA) is 13.1 Å². The third-order valence-electron chi connectivity index (χ3n) is 1.30. The molecule has 0 spiro atoms. The summed E-state index contributed by atoms with van der Waals surface area (Å²) in [4.78, 5) is 1.04. The molecule has 0 atom stereocenters. The van der Waals surface area contributed by atoms with Crippen LogP contribution in [-0.4, -0.2) is 4.86 Å². The Morgan fingerprint density at radius 2 is 2.50 bits per heavy atom. The zero-order chi connectivity index (χ0) is 7.40. The number of thiocarbonyl (C=S) groups is 1. The molecule has 0 aliphatic heterocycles. The lowest BCUT2D eigenvalue weighted by molar-refractivity contribution is 0.512. The van der Waals surface area contributed by atoms with E-state index in [2.05, 4.69) is 0 Å². The van der Waals surface area contributed by atoms with E-state index in [1.807, 2.05) is 19.1 Å². The minimum Gasteiger partial charge on any atom is -0.469 e. The van der Waals surface area contributed by atoms with Crippen LogP contribution in [0.1, 0.15) is 19.1 Å². The molecule has 0 bridgehead atoms. The summed E-state index contributed by atoms with van der Waals surface area (Å²) in [6, 6.07) is 3.87. The molecule has 54 valence electrons. The van der Waals surface area contributed by atoms with E-state index < -0.39 is 0 Å². The predicted octanol–water partition coefficient (Wildman–Crippen LogP) is 2.60. The van der Waals surface area contributed by atoms with Crippen LogP contribution in [0, 0.1) is 0 Å². The van der Waals surface area contributed by atoms with Gasteiger partial charge in [0.25, 0.3) is 0 Å². The maximum Gasteiger partial charge on any atom is 0.104 e. The fourth-order valence-corrected chi connectivity index (χ4v) is 0.856. The molecule has 0 N–H and O–H groups in total. The lowest BCUT2D eigenvalue weighted by atomic mass is 10.2. The minimum absolute atomic E-state index is 0.933. The number of hydrogen-bond acceptors (Lipinski definition) is 2. The van der Waals surface area contributed by atoms with Crippen LogP contribution in [-0.2, 0) is 6.42 Å². The predicted molar refractivity (Wildman–Crippen MR) is 45.3 cm³/mol. The Morgan fingerprint density at radius 1 is 1.70 bits per heavy atom. The summed E-state index contributed by atoms with van der Waals surface area (Å²) in [5.41, 5.74) is 0. The number of furan rings is 1. The van der Waals surface area contributed by atoms with Crippen molar-refractivity contribution in [3.05, 3.63) is 24.2 Å². The quantitative estimate of drug-likeness (QED) is 0.621. The van der Waals surface area contributed by atoms with E-state index in [1.54, 1.807) is 6.26 Å². The van der Waals surface area contributed by atoms with Gasteiger partial charge in [0, 0.05) is 6.42 Å². The highest BCUT2D eigenvalue weighted by molar-refractivity contribution is 7.80. The van der Waals surface area contributed by atoms with Crippen LogP contribution in [0.2, 0.25) is 0 Å². The Morgan fingerprint density at radius 3 is 3.00 bits per heavy atom. The van der Waals surface area contributed by atoms with Gasteiger partial charge in [-0.25, -0.2) is 0 Å². The molecular formula is C8H10OS. The largest absolute Gasteiger partial charge is 0.469 e. The Balaban J connectivity index is 2.35. The highest BCUT2D eigenvalue weighted by Crippen LogP contribution is 2.03. The van der Waals surface area contributed by atoms with Crippen molar-refractivity contribution in [2.75, 3.05) is 0 Å². The van der Waals surface area contributed by atoms with E-state index in [1.165, 1.54) is 0 Å². The SMILES string of the molecule is CC(=S)CCc1ccco1. The maximum atomic E-state index is 5.12. The monoisotopic (exact) mass is 154 g/mol. The van der Waals surface area contributed by atoms with Gasteiger partial charge >= 0.3 is 0 Å². The molecule has 10 heavy (non-hydrogen) atoms. The zero-order valence-electron chi connectivity index (χ0n) is 5.96. The second-order valence-corrected chi connectivity index (χ2v) is 2.98. The van der Waals surface area contributed by atoms with Gasteiger partial charge in [0.1, 0.15) is 5.76 Å². The first-order valence-corrected chi connectivity index (χ1v) is 3.71. The van der Waals surface area contributed by atoms with Crippen molar-refractivity contribution in [1.82, 2.24) is 0 Å². The van der Waals surface area contributed by atoms with E-state index in [0.717, 1.165) is 23.5 Å². The van der Waals surface area contributed by atoms with Crippen LogP contribution in [0.15, 0.2) is 22.8 Å². The number of rotatable bonds is 3. The van der Waals surface area contributed by atoms with E-state index in [9.17, 15) is 0 Å². The van der Waals surface area contributed by atoms with Gasteiger partial charge in [0.2, 0.25) is 0 Å². The molecule has 1 nitrogen and oxygen atoms in total. The lowest BCUT2D eigenvalue weighted by Crippen LogP contribution is -1.89. The fraction of sp³-hybridized carbons (Fsp3) is 0.375. The first-order chi connectivity index (χ1) is 4.79. The minimum atomic E-state index is 0.933. The molecule has 1 rings (SSSR count). The first kappa shape index (κ1) is 7.48. The van der Waals surface area contributed by atoms with E-state index in [-0.39, 0.29) is 0 Å². The van der Waals surface area contributed by atoms with Crippen molar-refractivity contribution in [2.24, 2.45) is 0 Å². The lowest BCUT2D eigenvalue weighted by Gasteiger charge is -1.92. The summed E-state index contributed by atoms with van der Waals surface area (Å²) in [6.45, 7) is 1.96. The number of hydrogen-bond donors (Lipinski definition) is 0. The van der Waals surface area contributed by atoms with E-state index in [4.69, 9.17) is 16.6 Å². The van der Waals surface area contributed by atoms with Gasteiger partial charge < -0.3 is 4.42 Å². The highest BCUT2D eigenvalue weighted by atomic mass is 32.1. The molecule has 1 heterocycles. The average Bonchev–Trinajstić information content (AvgIpc) is 2.34. The summed E-state index contributed by atoms with van der Waals surface area (Å²) in [7, 11) is 0. The molecule has 0 saturated carbocycles. The summed E-state index contributed by atoms with van der Waals surface area (Å²) in [5, 5.41) is 0. The van der Waals surface area contributed by atoms with Gasteiger partial charge in [-0.2, -0.15) is 0 Å². The zero-order valence-corrected chi connectivity index (χ0v) is 6.78. The average molecular weight is 154 g/mol. The van der Waals surface area contributed by atoms with Crippen LogP contribution in [0.5, 0.6) is 0 Å². The van der Waals surface area contributed by atoms with Crippen LogP contribution in [0.25, 0.3) is 0 Å². The van der Waals surface area contributed by atoms with Crippen LogP contribution < -0.4 is 0 Å². The molecule has 0 amide bonds. The smallest absolute Gasteiger partial charge is 0.104 e. The molecule has 0 aliphatic carbocycles. The third-order valence-corrected chi connectivity index (χ3v) is 1.51. The Hall–Kier alpha value is -0.630.